The first-order chi connectivity index (χ1) is 5.38. The van der Waals surface area contributed by atoms with Gasteiger partial charge in [-0.1, -0.05) is 13.0 Å². The van der Waals surface area contributed by atoms with Gasteiger partial charge in [0.2, 0.25) is 0 Å². The molecule has 2 N–H and O–H groups in total. The maximum Gasteiger partial charge on any atom is 0.0675 e. The zero-order chi connectivity index (χ0) is 8.10. The van der Waals surface area contributed by atoms with Crippen molar-refractivity contribution in [3.8, 4) is 0 Å². The molecule has 0 saturated carbocycles. The number of hydrogen-bond donors (Lipinski definition) is 1. The Morgan fingerprint density at radius 3 is 2.91 bits per heavy atom. The van der Waals surface area contributed by atoms with Crippen molar-refractivity contribution in [2.75, 3.05) is 0 Å². The van der Waals surface area contributed by atoms with Gasteiger partial charge < -0.3 is 5.73 Å². The lowest BCUT2D eigenvalue weighted by atomic mass is 10.1. The second-order valence-corrected chi connectivity index (χ2v) is 2.26. The largest absolute Gasteiger partial charge is 0.404 e. The first-order valence-electron chi connectivity index (χ1n) is 3.70. The minimum absolute atomic E-state index is 0.924. The van der Waals surface area contributed by atoms with E-state index in [-0.39, 0.29) is 0 Å². The van der Waals surface area contributed by atoms with Crippen molar-refractivity contribution in [2.45, 2.75) is 13.3 Å². The van der Waals surface area contributed by atoms with Crippen molar-refractivity contribution < 1.29 is 0 Å². The predicted molar refractivity (Wildman–Crippen MR) is 46.7 cm³/mol. The zero-order valence-electron chi connectivity index (χ0n) is 6.62. The van der Waals surface area contributed by atoms with Crippen LogP contribution in [0.1, 0.15) is 19.0 Å². The molecule has 11 heavy (non-hydrogen) atoms. The van der Waals surface area contributed by atoms with E-state index in [0.717, 1.165) is 17.7 Å². The van der Waals surface area contributed by atoms with Crippen LogP contribution in [0.15, 0.2) is 30.6 Å². The Morgan fingerprint density at radius 1 is 1.64 bits per heavy atom. The van der Waals surface area contributed by atoms with E-state index < -0.39 is 0 Å². The third-order valence-electron chi connectivity index (χ3n) is 1.58. The monoisotopic (exact) mass is 148 g/mol. The standard InChI is InChI=1S/C9H12N2/c1-2-8(7-10)9-5-3-4-6-11-9/h3-7H,2,10H2,1H3. The first kappa shape index (κ1) is 7.79. The van der Waals surface area contributed by atoms with Gasteiger partial charge in [-0.3, -0.25) is 4.98 Å². The van der Waals surface area contributed by atoms with Crippen molar-refractivity contribution in [3.05, 3.63) is 36.3 Å². The van der Waals surface area contributed by atoms with E-state index in [1.807, 2.05) is 18.2 Å². The Kier molecular flexibility index (Phi) is 2.66. The lowest BCUT2D eigenvalue weighted by Crippen LogP contribution is -1.90. The van der Waals surface area contributed by atoms with Crippen LogP contribution in [-0.4, -0.2) is 4.98 Å². The summed E-state index contributed by atoms with van der Waals surface area (Å²) in [4.78, 5) is 4.17. The highest BCUT2D eigenvalue weighted by Gasteiger charge is 1.96. The minimum atomic E-state index is 0.924. The average Bonchev–Trinajstić information content (AvgIpc) is 2.09. The van der Waals surface area contributed by atoms with Gasteiger partial charge in [0.05, 0.1) is 5.69 Å². The van der Waals surface area contributed by atoms with Gasteiger partial charge in [0.25, 0.3) is 0 Å². The van der Waals surface area contributed by atoms with E-state index >= 15 is 0 Å². The molecule has 0 aliphatic heterocycles. The fourth-order valence-corrected chi connectivity index (χ4v) is 0.937. The summed E-state index contributed by atoms with van der Waals surface area (Å²) < 4.78 is 0. The Bertz CT molecular complexity index is 239. The Hall–Kier alpha value is -1.31. The molecule has 0 radical (unpaired) electrons. The maximum atomic E-state index is 5.41. The van der Waals surface area contributed by atoms with Crippen LogP contribution in [0.3, 0.4) is 0 Å². The Morgan fingerprint density at radius 2 is 2.45 bits per heavy atom. The summed E-state index contributed by atoms with van der Waals surface area (Å²) in [5.74, 6) is 0. The summed E-state index contributed by atoms with van der Waals surface area (Å²) in [6.07, 6.45) is 4.31. The summed E-state index contributed by atoms with van der Waals surface area (Å²) in [5, 5.41) is 0. The highest BCUT2D eigenvalue weighted by Crippen LogP contribution is 2.12. The van der Waals surface area contributed by atoms with E-state index in [1.54, 1.807) is 12.4 Å². The number of pyridine rings is 1. The quantitative estimate of drug-likeness (QED) is 0.694. The summed E-state index contributed by atoms with van der Waals surface area (Å²) in [6, 6.07) is 5.82. The minimum Gasteiger partial charge on any atom is -0.404 e. The van der Waals surface area contributed by atoms with Crippen LogP contribution < -0.4 is 5.73 Å². The van der Waals surface area contributed by atoms with Crippen molar-refractivity contribution in [2.24, 2.45) is 5.73 Å². The molecule has 0 unspecified atom stereocenters. The number of nitrogens with zero attached hydrogens (tertiary/aromatic N) is 1. The van der Waals surface area contributed by atoms with Crippen LogP contribution in [0.2, 0.25) is 0 Å². The van der Waals surface area contributed by atoms with Gasteiger partial charge in [-0.25, -0.2) is 0 Å². The second kappa shape index (κ2) is 3.76. The van der Waals surface area contributed by atoms with Crippen molar-refractivity contribution in [1.29, 1.82) is 0 Å². The molecular weight excluding hydrogens is 136 g/mol. The molecule has 0 aromatic carbocycles. The topological polar surface area (TPSA) is 38.9 Å². The van der Waals surface area contributed by atoms with Crippen LogP contribution in [-0.2, 0) is 0 Å². The lowest BCUT2D eigenvalue weighted by molar-refractivity contribution is 1.17. The Labute approximate surface area is 66.8 Å². The lowest BCUT2D eigenvalue weighted by Gasteiger charge is -2.00. The van der Waals surface area contributed by atoms with Gasteiger partial charge in [0, 0.05) is 6.20 Å². The van der Waals surface area contributed by atoms with E-state index in [9.17, 15) is 0 Å². The number of nitrogens with two attached hydrogens (primary N) is 1. The van der Waals surface area contributed by atoms with E-state index in [2.05, 4.69) is 11.9 Å². The van der Waals surface area contributed by atoms with Crippen LogP contribution >= 0.6 is 0 Å². The predicted octanol–water partition coefficient (Wildman–Crippen LogP) is 1.79. The van der Waals surface area contributed by atoms with Gasteiger partial charge >= 0.3 is 0 Å². The van der Waals surface area contributed by atoms with E-state index in [4.69, 9.17) is 5.73 Å². The number of hydrogen-bond acceptors (Lipinski definition) is 2. The molecule has 1 heterocycles. The molecular formula is C9H12N2. The highest BCUT2D eigenvalue weighted by atomic mass is 14.7. The maximum absolute atomic E-state index is 5.41. The number of aromatic nitrogens is 1. The van der Waals surface area contributed by atoms with Crippen LogP contribution in [0, 0.1) is 0 Å². The molecule has 0 fully saturated rings. The molecule has 0 amide bonds. The van der Waals surface area contributed by atoms with Crippen molar-refractivity contribution >= 4 is 5.57 Å². The van der Waals surface area contributed by atoms with Crippen LogP contribution in [0.4, 0.5) is 0 Å². The molecule has 0 spiro atoms. The third-order valence-corrected chi connectivity index (χ3v) is 1.58. The number of rotatable bonds is 2. The highest BCUT2D eigenvalue weighted by molar-refractivity contribution is 5.61. The molecule has 0 saturated heterocycles. The van der Waals surface area contributed by atoms with E-state index in [1.165, 1.54) is 0 Å². The summed E-state index contributed by atoms with van der Waals surface area (Å²) in [5.41, 5.74) is 7.47. The van der Waals surface area contributed by atoms with Crippen molar-refractivity contribution in [3.63, 3.8) is 0 Å². The van der Waals surface area contributed by atoms with Crippen LogP contribution in [0.25, 0.3) is 5.57 Å². The van der Waals surface area contributed by atoms with Gasteiger partial charge in [-0.2, -0.15) is 0 Å². The SMILES string of the molecule is CCC(=CN)c1ccccn1. The molecule has 0 bridgehead atoms. The van der Waals surface area contributed by atoms with Gasteiger partial charge in [-0.15, -0.1) is 0 Å². The molecule has 1 rings (SSSR count). The molecule has 0 aliphatic rings. The third kappa shape index (κ3) is 1.80. The zero-order valence-corrected chi connectivity index (χ0v) is 6.62. The summed E-state index contributed by atoms with van der Waals surface area (Å²) >= 11 is 0. The summed E-state index contributed by atoms with van der Waals surface area (Å²) in [6.45, 7) is 2.06. The summed E-state index contributed by atoms with van der Waals surface area (Å²) in [7, 11) is 0. The molecule has 0 atom stereocenters. The van der Waals surface area contributed by atoms with Gasteiger partial charge in [-0.05, 0) is 30.3 Å². The molecule has 2 heteroatoms. The Balaban J connectivity index is 2.92. The van der Waals surface area contributed by atoms with E-state index in [0.29, 0.717) is 0 Å². The van der Waals surface area contributed by atoms with Gasteiger partial charge in [0.1, 0.15) is 0 Å². The van der Waals surface area contributed by atoms with Crippen molar-refractivity contribution in [1.82, 2.24) is 4.98 Å². The van der Waals surface area contributed by atoms with Crippen LogP contribution in [0.5, 0.6) is 0 Å². The average molecular weight is 148 g/mol. The van der Waals surface area contributed by atoms with Gasteiger partial charge in [0.15, 0.2) is 0 Å². The fourth-order valence-electron chi connectivity index (χ4n) is 0.937. The second-order valence-electron chi connectivity index (χ2n) is 2.26. The smallest absolute Gasteiger partial charge is 0.0675 e. The first-order valence-corrected chi connectivity index (χ1v) is 3.70. The molecule has 58 valence electrons. The molecule has 0 aliphatic carbocycles. The molecule has 2 nitrogen and oxygen atoms in total. The molecule has 1 aromatic rings. The number of allylic oxidation sites excluding steroid dienone is 1. The normalized spacial score (nSPS) is 11.5. The fraction of sp³-hybridized carbons (Fsp3) is 0.222. The molecule has 1 aromatic heterocycles.